The number of rotatable bonds is 4. The zero-order valence-electron chi connectivity index (χ0n) is 16.3. The zero-order valence-corrected chi connectivity index (χ0v) is 19.9. The maximum Gasteiger partial charge on any atom is 0.205 e. The van der Waals surface area contributed by atoms with Crippen molar-refractivity contribution in [3.8, 4) is 11.8 Å². The van der Waals surface area contributed by atoms with E-state index >= 15 is 0 Å². The molecule has 0 saturated carbocycles. The lowest BCUT2D eigenvalue weighted by molar-refractivity contribution is -0.116. The summed E-state index contributed by atoms with van der Waals surface area (Å²) < 4.78 is 12.4. The number of nitrogens with two attached hydrogens (primary N) is 1. The molecule has 0 radical (unpaired) electrons. The van der Waals surface area contributed by atoms with Gasteiger partial charge in [-0.3, -0.25) is 4.79 Å². The molecule has 1 heterocycles. The monoisotopic (exact) mass is 566 g/mol. The van der Waals surface area contributed by atoms with Gasteiger partial charge in [-0.25, -0.2) is 0 Å². The van der Waals surface area contributed by atoms with Crippen molar-refractivity contribution < 1.29 is 14.3 Å². The Morgan fingerprint density at radius 3 is 2.74 bits per heavy atom. The molecule has 0 spiro atoms. The summed E-state index contributed by atoms with van der Waals surface area (Å²) in [4.78, 5) is 12.7. The number of Topliss-reactive ketones (excluding diaryl/α,β-unsaturated/α-hetero) is 1. The van der Waals surface area contributed by atoms with E-state index in [-0.39, 0.29) is 23.8 Å². The molecule has 1 aliphatic heterocycles. The van der Waals surface area contributed by atoms with E-state index in [1.807, 2.05) is 24.3 Å². The molecular formula is C23H17Cl2IN2O3. The summed E-state index contributed by atoms with van der Waals surface area (Å²) >= 11 is 14.3. The second-order valence-corrected chi connectivity index (χ2v) is 9.26. The fourth-order valence-electron chi connectivity index (χ4n) is 3.80. The van der Waals surface area contributed by atoms with Crippen LogP contribution in [0.2, 0.25) is 10.0 Å². The average molecular weight is 567 g/mol. The summed E-state index contributed by atoms with van der Waals surface area (Å²) in [5.74, 6) is 0.773. The van der Waals surface area contributed by atoms with Gasteiger partial charge in [0.15, 0.2) is 5.78 Å². The Kier molecular flexibility index (Phi) is 6.47. The number of ketones is 1. The minimum Gasteiger partial charge on any atom is -0.488 e. The summed E-state index contributed by atoms with van der Waals surface area (Å²) in [6, 6.07) is 13.0. The minimum atomic E-state index is -0.533. The average Bonchev–Trinajstić information content (AvgIpc) is 2.73. The maximum atomic E-state index is 12.7. The number of allylic oxidation sites excluding steroid dienone is 3. The summed E-state index contributed by atoms with van der Waals surface area (Å²) in [5, 5.41) is 10.8. The molecule has 2 aromatic carbocycles. The van der Waals surface area contributed by atoms with Crippen molar-refractivity contribution in [3.05, 3.63) is 83.9 Å². The number of nitrogens with zero attached hydrogens (tertiary/aromatic N) is 1. The van der Waals surface area contributed by atoms with E-state index in [0.717, 1.165) is 21.1 Å². The molecule has 0 bridgehead atoms. The second kappa shape index (κ2) is 9.11. The quantitative estimate of drug-likeness (QED) is 0.459. The lowest BCUT2D eigenvalue weighted by Crippen LogP contribution is -2.27. The Hall–Kier alpha value is -2.21. The number of carbonyl (C=O) groups is 1. The normalized spacial score (nSPS) is 18.4. The van der Waals surface area contributed by atoms with Crippen molar-refractivity contribution in [1.82, 2.24) is 0 Å². The van der Waals surface area contributed by atoms with Crippen molar-refractivity contribution in [3.63, 3.8) is 0 Å². The molecule has 158 valence electrons. The van der Waals surface area contributed by atoms with Gasteiger partial charge in [0.1, 0.15) is 29.8 Å². The molecule has 4 rings (SSSR count). The Bertz CT molecular complexity index is 1180. The van der Waals surface area contributed by atoms with Crippen LogP contribution in [0, 0.1) is 14.9 Å². The smallest absolute Gasteiger partial charge is 0.205 e. The maximum absolute atomic E-state index is 12.7. The molecule has 1 atom stereocenters. The summed E-state index contributed by atoms with van der Waals surface area (Å²) in [6.45, 7) is 0.284. The molecule has 2 aliphatic rings. The lowest BCUT2D eigenvalue weighted by Gasteiger charge is -2.31. The standard InChI is InChI=1S/C23H17Cl2IN2O3/c24-14-6-4-13(16(25)9-14)11-30-19-7-5-12(8-17(19)26)21-15(10-27)23(28)31-20-3-1-2-18(29)22(20)21/h4-9,21H,1-3,11,28H2. The number of halogens is 3. The number of carbonyl (C=O) groups excluding carboxylic acids is 1. The van der Waals surface area contributed by atoms with Crippen LogP contribution in [-0.4, -0.2) is 5.78 Å². The van der Waals surface area contributed by atoms with E-state index in [4.69, 9.17) is 38.4 Å². The van der Waals surface area contributed by atoms with Gasteiger partial charge in [0.25, 0.3) is 0 Å². The molecular weight excluding hydrogens is 550 g/mol. The van der Waals surface area contributed by atoms with Gasteiger partial charge < -0.3 is 15.2 Å². The first kappa shape index (κ1) is 22.0. The number of ether oxygens (including phenoxy) is 2. The molecule has 0 fully saturated rings. The third kappa shape index (κ3) is 4.40. The van der Waals surface area contributed by atoms with Gasteiger partial charge in [-0.2, -0.15) is 5.26 Å². The second-order valence-electron chi connectivity index (χ2n) is 7.25. The molecule has 8 heteroatoms. The first-order valence-corrected chi connectivity index (χ1v) is 11.4. The van der Waals surface area contributed by atoms with E-state index in [1.165, 1.54) is 0 Å². The van der Waals surface area contributed by atoms with E-state index in [9.17, 15) is 10.1 Å². The summed E-state index contributed by atoms with van der Waals surface area (Å²) in [5.41, 5.74) is 8.43. The van der Waals surface area contributed by atoms with E-state index in [2.05, 4.69) is 28.7 Å². The number of hydrogen-bond donors (Lipinski definition) is 1. The van der Waals surface area contributed by atoms with Crippen molar-refractivity contribution >= 4 is 51.6 Å². The van der Waals surface area contributed by atoms with Crippen LogP contribution in [0.25, 0.3) is 0 Å². The van der Waals surface area contributed by atoms with Crippen molar-refractivity contribution in [2.24, 2.45) is 5.73 Å². The molecule has 31 heavy (non-hydrogen) atoms. The molecule has 0 saturated heterocycles. The number of hydrogen-bond acceptors (Lipinski definition) is 5. The van der Waals surface area contributed by atoms with Crippen LogP contribution in [0.3, 0.4) is 0 Å². The highest BCUT2D eigenvalue weighted by Gasteiger charge is 2.38. The van der Waals surface area contributed by atoms with Crippen LogP contribution in [0.5, 0.6) is 5.75 Å². The van der Waals surface area contributed by atoms with E-state index in [0.29, 0.717) is 40.0 Å². The fraction of sp³-hybridized carbons (Fsp3) is 0.217. The van der Waals surface area contributed by atoms with Crippen molar-refractivity contribution in [1.29, 1.82) is 5.26 Å². The van der Waals surface area contributed by atoms with Gasteiger partial charge in [-0.1, -0.05) is 35.3 Å². The Labute approximate surface area is 203 Å². The predicted molar refractivity (Wildman–Crippen MR) is 126 cm³/mol. The molecule has 2 aromatic rings. The van der Waals surface area contributed by atoms with Gasteiger partial charge in [0.05, 0.1) is 9.49 Å². The summed E-state index contributed by atoms with van der Waals surface area (Å²) in [6.07, 6.45) is 1.80. The highest BCUT2D eigenvalue weighted by Crippen LogP contribution is 2.44. The van der Waals surface area contributed by atoms with E-state index < -0.39 is 5.92 Å². The third-order valence-electron chi connectivity index (χ3n) is 5.29. The van der Waals surface area contributed by atoms with E-state index in [1.54, 1.807) is 12.1 Å². The first-order valence-electron chi connectivity index (χ1n) is 9.59. The van der Waals surface area contributed by atoms with Crippen molar-refractivity contribution in [2.45, 2.75) is 31.8 Å². The van der Waals surface area contributed by atoms with Gasteiger partial charge in [-0.05, 0) is 58.8 Å². The highest BCUT2D eigenvalue weighted by atomic mass is 127. The van der Waals surface area contributed by atoms with Gasteiger partial charge >= 0.3 is 0 Å². The molecule has 5 nitrogen and oxygen atoms in total. The lowest BCUT2D eigenvalue weighted by atomic mass is 9.77. The topological polar surface area (TPSA) is 85.3 Å². The van der Waals surface area contributed by atoms with Crippen LogP contribution >= 0.6 is 45.8 Å². The zero-order chi connectivity index (χ0) is 22.1. The SMILES string of the molecule is N#CC1=C(N)OC2=C(C(=O)CCC2)C1c1ccc(OCc2ccc(Cl)cc2Cl)c(I)c1. The molecule has 2 N–H and O–H groups in total. The Morgan fingerprint density at radius 1 is 1.23 bits per heavy atom. The highest BCUT2D eigenvalue weighted by molar-refractivity contribution is 14.1. The van der Waals surface area contributed by atoms with Crippen molar-refractivity contribution in [2.75, 3.05) is 0 Å². The molecule has 0 amide bonds. The number of nitriles is 1. The van der Waals surface area contributed by atoms with Crippen LogP contribution in [0.4, 0.5) is 0 Å². The van der Waals surface area contributed by atoms with Gasteiger partial charge in [0.2, 0.25) is 5.88 Å². The third-order valence-corrected chi connectivity index (χ3v) is 6.72. The van der Waals surface area contributed by atoms with Crippen LogP contribution in [-0.2, 0) is 16.1 Å². The minimum absolute atomic E-state index is 0.000727. The Balaban J connectivity index is 1.64. The Morgan fingerprint density at radius 2 is 2.03 bits per heavy atom. The summed E-state index contributed by atoms with van der Waals surface area (Å²) in [7, 11) is 0. The first-order chi connectivity index (χ1) is 14.9. The van der Waals surface area contributed by atoms with Gasteiger partial charge in [-0.15, -0.1) is 0 Å². The van der Waals surface area contributed by atoms with Crippen LogP contribution < -0.4 is 10.5 Å². The molecule has 1 aliphatic carbocycles. The predicted octanol–water partition coefficient (Wildman–Crippen LogP) is 5.99. The largest absolute Gasteiger partial charge is 0.488 e. The van der Waals surface area contributed by atoms with Crippen LogP contribution in [0.1, 0.15) is 36.3 Å². The van der Waals surface area contributed by atoms with Gasteiger partial charge in [0, 0.05) is 34.0 Å². The molecule has 0 aromatic heterocycles. The number of benzene rings is 2. The fourth-order valence-corrected chi connectivity index (χ4v) is 4.96. The van der Waals surface area contributed by atoms with Crippen LogP contribution in [0.15, 0.2) is 59.2 Å². The molecule has 1 unspecified atom stereocenters.